The first kappa shape index (κ1) is 23.5. The quantitative estimate of drug-likeness (QED) is 0.164. The molecule has 0 amide bonds. The summed E-state index contributed by atoms with van der Waals surface area (Å²) in [4.78, 5) is 15.0. The third-order valence-electron chi connectivity index (χ3n) is 6.40. The van der Waals surface area contributed by atoms with Crippen molar-refractivity contribution < 1.29 is 14.4 Å². The second-order valence-electron chi connectivity index (χ2n) is 8.63. The molecule has 4 aromatic rings. The Kier molecular flexibility index (Phi) is 6.87. The van der Waals surface area contributed by atoms with Crippen LogP contribution in [0.2, 0.25) is 0 Å². The molecule has 2 heterocycles. The van der Waals surface area contributed by atoms with E-state index in [2.05, 4.69) is 41.4 Å². The van der Waals surface area contributed by atoms with Crippen LogP contribution < -0.4 is 0 Å². The molecule has 0 radical (unpaired) electrons. The largest absolute Gasteiger partial charge is 0.487 e. The van der Waals surface area contributed by atoms with Crippen LogP contribution >= 0.6 is 0 Å². The van der Waals surface area contributed by atoms with E-state index in [0.29, 0.717) is 17.9 Å². The summed E-state index contributed by atoms with van der Waals surface area (Å²) in [6.45, 7) is 0.301. The number of benzene rings is 3. The molecular formula is C30H26N2O4. The molecule has 36 heavy (non-hydrogen) atoms. The van der Waals surface area contributed by atoms with E-state index in [1.807, 2.05) is 60.7 Å². The van der Waals surface area contributed by atoms with Crippen LogP contribution in [0.5, 0.6) is 0 Å². The summed E-state index contributed by atoms with van der Waals surface area (Å²) in [7, 11) is 0. The summed E-state index contributed by atoms with van der Waals surface area (Å²) in [6.07, 6.45) is 5.91. The summed E-state index contributed by atoms with van der Waals surface area (Å²) < 4.78 is 13.2. The van der Waals surface area contributed by atoms with Crippen molar-refractivity contribution in [1.29, 1.82) is 0 Å². The lowest BCUT2D eigenvalue weighted by molar-refractivity contribution is -0.385. The lowest BCUT2D eigenvalue weighted by Crippen LogP contribution is -2.36. The van der Waals surface area contributed by atoms with E-state index in [4.69, 9.17) is 9.47 Å². The van der Waals surface area contributed by atoms with Gasteiger partial charge in [0.15, 0.2) is 0 Å². The van der Waals surface area contributed by atoms with E-state index in [1.165, 1.54) is 12.4 Å². The summed E-state index contributed by atoms with van der Waals surface area (Å²) in [5.74, 6) is 0.494. The summed E-state index contributed by atoms with van der Waals surface area (Å²) in [5, 5.41) is 11.5. The molecule has 0 saturated carbocycles. The van der Waals surface area contributed by atoms with Gasteiger partial charge >= 0.3 is 0 Å². The Hall–Kier alpha value is -4.29. The average Bonchev–Trinajstić information content (AvgIpc) is 2.95. The van der Waals surface area contributed by atoms with Gasteiger partial charge in [-0.3, -0.25) is 15.1 Å². The third-order valence-corrected chi connectivity index (χ3v) is 6.40. The number of pyridine rings is 1. The number of allylic oxidation sites excluding steroid dienone is 1. The molecule has 0 aliphatic carbocycles. The van der Waals surface area contributed by atoms with Crippen LogP contribution in [-0.2, 0) is 15.1 Å². The Balaban J connectivity index is 1.49. The Bertz CT molecular complexity index is 1240. The second-order valence-corrected chi connectivity index (χ2v) is 8.63. The number of rotatable bonds is 8. The Morgan fingerprint density at radius 2 is 1.44 bits per heavy atom. The molecule has 3 aromatic carbocycles. The highest BCUT2D eigenvalue weighted by Crippen LogP contribution is 2.41. The molecule has 0 fully saturated rings. The van der Waals surface area contributed by atoms with Crippen molar-refractivity contribution >= 4 is 11.4 Å². The van der Waals surface area contributed by atoms with E-state index < -0.39 is 10.5 Å². The van der Waals surface area contributed by atoms with Crippen LogP contribution in [-0.4, -0.2) is 22.6 Å². The van der Waals surface area contributed by atoms with Crippen LogP contribution in [0.1, 0.15) is 35.1 Å². The van der Waals surface area contributed by atoms with Crippen molar-refractivity contribution in [1.82, 2.24) is 4.98 Å². The maximum Gasteiger partial charge on any atom is 0.298 e. The van der Waals surface area contributed by atoms with Crippen LogP contribution in [0.25, 0.3) is 5.76 Å². The zero-order valence-corrected chi connectivity index (χ0v) is 19.7. The van der Waals surface area contributed by atoms with Gasteiger partial charge in [-0.15, -0.1) is 0 Å². The molecule has 0 N–H and O–H groups in total. The second kappa shape index (κ2) is 10.5. The first-order valence-electron chi connectivity index (χ1n) is 11.9. The maximum atomic E-state index is 11.5. The number of nitrogens with zero attached hydrogens (tertiary/aromatic N) is 2. The van der Waals surface area contributed by atoms with E-state index >= 15 is 0 Å². The number of aromatic nitrogens is 1. The lowest BCUT2D eigenvalue weighted by Gasteiger charge is -2.37. The normalized spacial score (nSPS) is 15.6. The minimum Gasteiger partial charge on any atom is -0.487 e. The zero-order chi connectivity index (χ0) is 24.8. The highest BCUT2D eigenvalue weighted by atomic mass is 16.6. The van der Waals surface area contributed by atoms with Crippen LogP contribution in [0.15, 0.2) is 116 Å². The van der Waals surface area contributed by atoms with Crippen molar-refractivity contribution in [2.75, 3.05) is 6.61 Å². The predicted octanol–water partition coefficient (Wildman–Crippen LogP) is 6.52. The lowest BCUT2D eigenvalue weighted by atomic mass is 9.80. The van der Waals surface area contributed by atoms with Crippen molar-refractivity contribution in [3.63, 3.8) is 0 Å². The zero-order valence-electron chi connectivity index (χ0n) is 19.7. The molecule has 6 heteroatoms. The van der Waals surface area contributed by atoms with Gasteiger partial charge in [0.05, 0.1) is 17.1 Å². The van der Waals surface area contributed by atoms with Crippen molar-refractivity contribution in [3.8, 4) is 0 Å². The molecular weight excluding hydrogens is 452 g/mol. The molecule has 1 aliphatic heterocycles. The van der Waals surface area contributed by atoms with E-state index in [-0.39, 0.29) is 11.8 Å². The van der Waals surface area contributed by atoms with Gasteiger partial charge in [-0.1, -0.05) is 91.0 Å². The van der Waals surface area contributed by atoms with Crippen LogP contribution in [0, 0.1) is 10.1 Å². The van der Waals surface area contributed by atoms with Gasteiger partial charge in [0, 0.05) is 6.20 Å². The number of hydrogen-bond acceptors (Lipinski definition) is 5. The monoisotopic (exact) mass is 478 g/mol. The molecule has 1 unspecified atom stereocenters. The van der Waals surface area contributed by atoms with Crippen LogP contribution in [0.3, 0.4) is 0 Å². The van der Waals surface area contributed by atoms with Gasteiger partial charge in [-0.05, 0) is 41.7 Å². The van der Waals surface area contributed by atoms with Gasteiger partial charge in [0.1, 0.15) is 23.7 Å². The fourth-order valence-electron chi connectivity index (χ4n) is 4.70. The van der Waals surface area contributed by atoms with Crippen molar-refractivity contribution in [3.05, 3.63) is 148 Å². The molecule has 1 aliphatic rings. The molecule has 0 saturated heterocycles. The van der Waals surface area contributed by atoms with Gasteiger partial charge in [-0.25, -0.2) is 0 Å². The Morgan fingerprint density at radius 3 is 1.97 bits per heavy atom. The van der Waals surface area contributed by atoms with Crippen LogP contribution in [0.4, 0.5) is 5.69 Å². The molecule has 0 spiro atoms. The van der Waals surface area contributed by atoms with Gasteiger partial charge < -0.3 is 9.47 Å². The first-order valence-corrected chi connectivity index (χ1v) is 11.9. The molecule has 1 atom stereocenters. The number of nitro groups is 1. The van der Waals surface area contributed by atoms with E-state index in [0.717, 1.165) is 29.5 Å². The van der Waals surface area contributed by atoms with E-state index in [1.54, 1.807) is 6.07 Å². The number of hydrogen-bond donors (Lipinski definition) is 0. The standard InChI is InChI=1S/C30H26N2O4/c33-32(34)28-21-31-20-19-27(28)29-18-10-17-26(36-29)22-35-30(23-11-4-1-5-12-23,24-13-6-2-7-14-24)25-15-8-3-9-16-25/h1-9,11-16,18-21,26H,10,17,22H2. The Morgan fingerprint density at radius 1 is 0.889 bits per heavy atom. The molecule has 5 rings (SSSR count). The highest BCUT2D eigenvalue weighted by molar-refractivity contribution is 5.68. The fraction of sp³-hybridized carbons (Fsp3) is 0.167. The topological polar surface area (TPSA) is 74.5 Å². The summed E-state index contributed by atoms with van der Waals surface area (Å²) in [5.41, 5.74) is 2.55. The molecule has 180 valence electrons. The fourth-order valence-corrected chi connectivity index (χ4v) is 4.70. The van der Waals surface area contributed by atoms with E-state index in [9.17, 15) is 10.1 Å². The average molecular weight is 479 g/mol. The van der Waals surface area contributed by atoms with Gasteiger partial charge in [0.2, 0.25) is 0 Å². The van der Waals surface area contributed by atoms with Gasteiger partial charge in [0.25, 0.3) is 5.69 Å². The number of ether oxygens (including phenoxy) is 2. The molecule has 1 aromatic heterocycles. The molecule has 6 nitrogen and oxygen atoms in total. The SMILES string of the molecule is O=[N+]([O-])c1cnccc1C1=CCCC(COC(c2ccccc2)(c2ccccc2)c2ccccc2)O1. The minimum atomic E-state index is -0.850. The van der Waals surface area contributed by atoms with Crippen molar-refractivity contribution in [2.24, 2.45) is 0 Å². The maximum absolute atomic E-state index is 11.5. The third kappa shape index (κ3) is 4.63. The summed E-state index contributed by atoms with van der Waals surface area (Å²) in [6, 6.07) is 32.1. The van der Waals surface area contributed by atoms with Gasteiger partial charge in [-0.2, -0.15) is 0 Å². The highest BCUT2D eigenvalue weighted by Gasteiger charge is 2.38. The Labute approximate surface area is 210 Å². The van der Waals surface area contributed by atoms with Crippen molar-refractivity contribution in [2.45, 2.75) is 24.5 Å². The predicted molar refractivity (Wildman–Crippen MR) is 138 cm³/mol. The first-order chi connectivity index (χ1) is 17.7. The summed E-state index contributed by atoms with van der Waals surface area (Å²) >= 11 is 0. The smallest absolute Gasteiger partial charge is 0.298 e. The molecule has 0 bridgehead atoms. The minimum absolute atomic E-state index is 0.0717.